The molecule has 19 heavy (non-hydrogen) atoms. The maximum atomic E-state index is 9.64. The van der Waals surface area contributed by atoms with Gasteiger partial charge in [0.25, 0.3) is 0 Å². The fourth-order valence-corrected chi connectivity index (χ4v) is 2.05. The Morgan fingerprint density at radius 2 is 2.00 bits per heavy atom. The Kier molecular flexibility index (Phi) is 2.76. The predicted molar refractivity (Wildman–Crippen MR) is 75.1 cm³/mol. The molecule has 4 heteroatoms. The fourth-order valence-electron chi connectivity index (χ4n) is 2.05. The van der Waals surface area contributed by atoms with Gasteiger partial charge in [-0.05, 0) is 30.3 Å². The highest BCUT2D eigenvalue weighted by molar-refractivity contribution is 5.85. The number of nitrogen functional groups attached to an aromatic ring is 1. The summed E-state index contributed by atoms with van der Waals surface area (Å²) >= 11 is 0. The number of H-pyrrole nitrogens is 1. The van der Waals surface area contributed by atoms with Crippen LogP contribution in [0.25, 0.3) is 10.9 Å². The van der Waals surface area contributed by atoms with E-state index < -0.39 is 0 Å². The van der Waals surface area contributed by atoms with E-state index in [1.807, 2.05) is 30.5 Å². The van der Waals surface area contributed by atoms with E-state index in [9.17, 15) is 5.11 Å². The molecule has 0 unspecified atom stereocenters. The zero-order chi connectivity index (χ0) is 13.2. The lowest BCUT2D eigenvalue weighted by Gasteiger charge is -2.07. The van der Waals surface area contributed by atoms with Crippen molar-refractivity contribution in [3.8, 4) is 11.5 Å². The molecular weight excluding hydrogens is 240 g/mol. The summed E-state index contributed by atoms with van der Waals surface area (Å²) in [7, 11) is 0. The number of rotatable bonds is 3. The fraction of sp³-hybridized carbons (Fsp3) is 0.0667. The molecule has 0 spiro atoms. The molecular formula is C15H14N2O2. The summed E-state index contributed by atoms with van der Waals surface area (Å²) in [5.41, 5.74) is 8.53. The molecule has 0 saturated carbocycles. The number of aromatic nitrogens is 1. The zero-order valence-electron chi connectivity index (χ0n) is 10.3. The van der Waals surface area contributed by atoms with Crippen molar-refractivity contribution in [3.05, 3.63) is 54.2 Å². The lowest BCUT2D eigenvalue weighted by atomic mass is 10.1. The van der Waals surface area contributed by atoms with Crippen molar-refractivity contribution in [3.63, 3.8) is 0 Å². The zero-order valence-corrected chi connectivity index (χ0v) is 10.3. The van der Waals surface area contributed by atoms with Gasteiger partial charge in [0.15, 0.2) is 11.5 Å². The number of hydrogen-bond donors (Lipinski definition) is 3. The molecule has 0 amide bonds. The second kappa shape index (κ2) is 4.57. The van der Waals surface area contributed by atoms with Crippen molar-refractivity contribution in [2.75, 3.05) is 5.73 Å². The number of anilines is 1. The summed E-state index contributed by atoms with van der Waals surface area (Å²) in [5, 5.41) is 10.7. The summed E-state index contributed by atoms with van der Waals surface area (Å²) in [6, 6.07) is 12.6. The molecule has 4 nitrogen and oxygen atoms in total. The van der Waals surface area contributed by atoms with Crippen molar-refractivity contribution in [2.24, 2.45) is 0 Å². The summed E-state index contributed by atoms with van der Waals surface area (Å²) in [4.78, 5) is 3.17. The molecule has 3 aromatic rings. The van der Waals surface area contributed by atoms with E-state index in [2.05, 4.69) is 4.98 Å². The van der Waals surface area contributed by atoms with Gasteiger partial charge in [-0.3, -0.25) is 0 Å². The van der Waals surface area contributed by atoms with Gasteiger partial charge in [0.05, 0.1) is 0 Å². The lowest BCUT2D eigenvalue weighted by molar-refractivity contribution is 0.290. The number of phenolic OH excluding ortho intramolecular Hbond substituents is 1. The van der Waals surface area contributed by atoms with E-state index in [4.69, 9.17) is 10.5 Å². The van der Waals surface area contributed by atoms with Gasteiger partial charge in [0.1, 0.15) is 6.61 Å². The Morgan fingerprint density at radius 3 is 2.84 bits per heavy atom. The smallest absolute Gasteiger partial charge is 0.161 e. The Labute approximate surface area is 110 Å². The van der Waals surface area contributed by atoms with Crippen molar-refractivity contribution in [1.82, 2.24) is 4.98 Å². The van der Waals surface area contributed by atoms with E-state index in [0.717, 1.165) is 22.2 Å². The van der Waals surface area contributed by atoms with E-state index >= 15 is 0 Å². The number of nitrogens with one attached hydrogen (secondary N) is 1. The summed E-state index contributed by atoms with van der Waals surface area (Å²) < 4.78 is 5.62. The highest BCUT2D eigenvalue weighted by Crippen LogP contribution is 2.27. The number of hydrogen-bond acceptors (Lipinski definition) is 3. The van der Waals surface area contributed by atoms with Crippen molar-refractivity contribution < 1.29 is 9.84 Å². The topological polar surface area (TPSA) is 71.3 Å². The molecule has 1 aromatic heterocycles. The first-order chi connectivity index (χ1) is 9.24. The van der Waals surface area contributed by atoms with Crippen LogP contribution >= 0.6 is 0 Å². The molecule has 0 atom stereocenters. The van der Waals surface area contributed by atoms with Gasteiger partial charge in [-0.1, -0.05) is 12.1 Å². The second-order valence-electron chi connectivity index (χ2n) is 4.38. The van der Waals surface area contributed by atoms with E-state index in [-0.39, 0.29) is 5.75 Å². The number of aromatic hydroxyl groups is 1. The van der Waals surface area contributed by atoms with Gasteiger partial charge in [-0.25, -0.2) is 0 Å². The Balaban J connectivity index is 1.86. The van der Waals surface area contributed by atoms with Gasteiger partial charge < -0.3 is 20.6 Å². The quantitative estimate of drug-likeness (QED) is 0.629. The number of ether oxygens (including phenoxy) is 1. The molecule has 2 aromatic carbocycles. The average molecular weight is 254 g/mol. The van der Waals surface area contributed by atoms with Gasteiger partial charge in [-0.2, -0.15) is 0 Å². The van der Waals surface area contributed by atoms with E-state index in [1.54, 1.807) is 18.2 Å². The highest BCUT2D eigenvalue weighted by atomic mass is 16.5. The molecule has 3 rings (SSSR count). The highest BCUT2D eigenvalue weighted by Gasteiger charge is 2.06. The first kappa shape index (κ1) is 11.5. The van der Waals surface area contributed by atoms with Crippen LogP contribution < -0.4 is 10.5 Å². The first-order valence-corrected chi connectivity index (χ1v) is 6.00. The molecule has 4 N–H and O–H groups in total. The maximum absolute atomic E-state index is 9.64. The van der Waals surface area contributed by atoms with E-state index in [0.29, 0.717) is 12.4 Å². The number of para-hydroxylation sites is 2. The number of nitrogens with two attached hydrogens (primary N) is 1. The SMILES string of the molecule is Nc1ccc2[nH]cc(COc3ccccc3O)c2c1. The van der Waals surface area contributed by atoms with Crippen molar-refractivity contribution in [2.45, 2.75) is 6.61 Å². The summed E-state index contributed by atoms with van der Waals surface area (Å²) in [6.45, 7) is 0.376. The van der Waals surface area contributed by atoms with Gasteiger partial charge >= 0.3 is 0 Å². The molecule has 0 radical (unpaired) electrons. The summed E-state index contributed by atoms with van der Waals surface area (Å²) in [6.07, 6.45) is 1.89. The van der Waals surface area contributed by atoms with Crippen LogP contribution in [0.3, 0.4) is 0 Å². The molecule has 0 aliphatic heterocycles. The molecule has 0 fully saturated rings. The molecule has 0 saturated heterocycles. The average Bonchev–Trinajstić information content (AvgIpc) is 2.80. The maximum Gasteiger partial charge on any atom is 0.161 e. The molecule has 0 aliphatic rings. The largest absolute Gasteiger partial charge is 0.504 e. The third kappa shape index (κ3) is 2.20. The number of aromatic amines is 1. The Hall–Kier alpha value is -2.62. The van der Waals surface area contributed by atoms with Gasteiger partial charge in [0, 0.05) is 28.4 Å². The molecule has 1 heterocycles. The van der Waals surface area contributed by atoms with Crippen LogP contribution in [0.15, 0.2) is 48.7 Å². The van der Waals surface area contributed by atoms with Gasteiger partial charge in [-0.15, -0.1) is 0 Å². The van der Waals surface area contributed by atoms with Crippen LogP contribution in [-0.2, 0) is 6.61 Å². The standard InChI is InChI=1S/C15H14N2O2/c16-11-5-6-13-12(7-11)10(8-17-13)9-19-15-4-2-1-3-14(15)18/h1-8,17-18H,9,16H2. The lowest BCUT2D eigenvalue weighted by Crippen LogP contribution is -1.94. The van der Waals surface area contributed by atoms with Crippen LogP contribution in [-0.4, -0.2) is 10.1 Å². The third-order valence-electron chi connectivity index (χ3n) is 3.04. The van der Waals surface area contributed by atoms with Gasteiger partial charge in [0.2, 0.25) is 0 Å². The number of benzene rings is 2. The predicted octanol–water partition coefficient (Wildman–Crippen LogP) is 3.03. The number of phenols is 1. The summed E-state index contributed by atoms with van der Waals surface area (Å²) in [5.74, 6) is 0.614. The third-order valence-corrected chi connectivity index (χ3v) is 3.04. The van der Waals surface area contributed by atoms with E-state index in [1.165, 1.54) is 0 Å². The van der Waals surface area contributed by atoms with Crippen LogP contribution in [0.2, 0.25) is 0 Å². The molecule has 96 valence electrons. The van der Waals surface area contributed by atoms with Crippen LogP contribution in [0.1, 0.15) is 5.56 Å². The molecule has 0 bridgehead atoms. The first-order valence-electron chi connectivity index (χ1n) is 6.00. The number of fused-ring (bicyclic) bond motifs is 1. The Bertz CT molecular complexity index is 719. The Morgan fingerprint density at radius 1 is 1.16 bits per heavy atom. The van der Waals surface area contributed by atoms with Crippen LogP contribution in [0, 0.1) is 0 Å². The minimum atomic E-state index is 0.141. The normalized spacial score (nSPS) is 10.7. The monoisotopic (exact) mass is 254 g/mol. The van der Waals surface area contributed by atoms with Crippen LogP contribution in [0.4, 0.5) is 5.69 Å². The van der Waals surface area contributed by atoms with Crippen LogP contribution in [0.5, 0.6) is 11.5 Å². The van der Waals surface area contributed by atoms with Crippen molar-refractivity contribution >= 4 is 16.6 Å². The molecule has 0 aliphatic carbocycles. The minimum Gasteiger partial charge on any atom is -0.504 e. The minimum absolute atomic E-state index is 0.141. The second-order valence-corrected chi connectivity index (χ2v) is 4.38. The van der Waals surface area contributed by atoms with Crippen molar-refractivity contribution in [1.29, 1.82) is 0 Å².